The van der Waals surface area contributed by atoms with Gasteiger partial charge >= 0.3 is 5.97 Å². The maximum Gasteiger partial charge on any atom is 0.329 e. The second kappa shape index (κ2) is 9.79. The third kappa shape index (κ3) is 6.06. The Bertz CT molecular complexity index is 625. The number of benzene rings is 1. The number of hydrogen-bond acceptors (Lipinski definition) is 5. The molecule has 7 heteroatoms. The summed E-state index contributed by atoms with van der Waals surface area (Å²) in [5, 5.41) is 2.68. The van der Waals surface area contributed by atoms with Crippen LogP contribution in [0.5, 0.6) is 5.75 Å². The molecule has 0 radical (unpaired) electrons. The Kier molecular flexibility index (Phi) is 8.09. The summed E-state index contributed by atoms with van der Waals surface area (Å²) in [6.07, 6.45) is -0.916. The second-order valence-corrected chi connectivity index (χ2v) is 6.46. The molecule has 144 valence electrons. The van der Waals surface area contributed by atoms with Crippen LogP contribution in [0.3, 0.4) is 0 Å². The van der Waals surface area contributed by atoms with Crippen molar-refractivity contribution in [2.24, 2.45) is 5.92 Å². The van der Waals surface area contributed by atoms with Gasteiger partial charge in [-0.2, -0.15) is 0 Å². The zero-order valence-electron chi connectivity index (χ0n) is 16.2. The lowest BCUT2D eigenvalue weighted by molar-refractivity contribution is -0.160. The van der Waals surface area contributed by atoms with Crippen LogP contribution in [0.4, 0.5) is 0 Å². The molecule has 0 saturated heterocycles. The molecule has 1 aromatic rings. The number of nitrogens with one attached hydrogen (secondary N) is 1. The van der Waals surface area contributed by atoms with Crippen LogP contribution in [-0.4, -0.2) is 55.5 Å². The minimum Gasteiger partial charge on any atom is -0.494 e. The van der Waals surface area contributed by atoms with Crippen molar-refractivity contribution in [1.29, 1.82) is 0 Å². The fraction of sp³-hybridized carbons (Fsp3) is 0.526. The SMILES string of the molecule is CCOc1ccc(C(=O)N[C@H](C(=O)OC(C)C(=O)N(C)C)C(C)C)cc1. The minimum absolute atomic E-state index is 0.198. The first-order valence-corrected chi connectivity index (χ1v) is 8.62. The van der Waals surface area contributed by atoms with Crippen LogP contribution in [0.15, 0.2) is 24.3 Å². The molecule has 0 heterocycles. The molecule has 1 aromatic carbocycles. The molecular formula is C19H28N2O5. The van der Waals surface area contributed by atoms with Crippen LogP contribution in [0.2, 0.25) is 0 Å². The van der Waals surface area contributed by atoms with Crippen molar-refractivity contribution in [3.8, 4) is 5.75 Å². The third-order valence-electron chi connectivity index (χ3n) is 3.72. The maximum absolute atomic E-state index is 12.4. The quantitative estimate of drug-likeness (QED) is 0.712. The van der Waals surface area contributed by atoms with Gasteiger partial charge in [0.2, 0.25) is 0 Å². The zero-order chi connectivity index (χ0) is 19.9. The predicted molar refractivity (Wildman–Crippen MR) is 98.0 cm³/mol. The van der Waals surface area contributed by atoms with Gasteiger partial charge in [-0.3, -0.25) is 9.59 Å². The molecule has 0 fully saturated rings. The van der Waals surface area contributed by atoms with E-state index in [-0.39, 0.29) is 11.8 Å². The minimum atomic E-state index is -0.916. The van der Waals surface area contributed by atoms with E-state index in [1.807, 2.05) is 6.92 Å². The van der Waals surface area contributed by atoms with Crippen LogP contribution in [0.1, 0.15) is 38.1 Å². The summed E-state index contributed by atoms with van der Waals surface area (Å²) in [6, 6.07) is 5.78. The topological polar surface area (TPSA) is 84.9 Å². The van der Waals surface area contributed by atoms with E-state index in [0.717, 1.165) is 0 Å². The summed E-state index contributed by atoms with van der Waals surface area (Å²) in [4.78, 5) is 38.0. The second-order valence-electron chi connectivity index (χ2n) is 6.46. The molecule has 7 nitrogen and oxygen atoms in total. The Balaban J connectivity index is 2.79. The van der Waals surface area contributed by atoms with Gasteiger partial charge in [-0.15, -0.1) is 0 Å². The van der Waals surface area contributed by atoms with E-state index in [1.165, 1.54) is 11.8 Å². The Morgan fingerprint density at radius 2 is 1.65 bits per heavy atom. The molecule has 0 aliphatic heterocycles. The van der Waals surface area contributed by atoms with E-state index < -0.39 is 24.0 Å². The number of esters is 1. The molecule has 26 heavy (non-hydrogen) atoms. The molecule has 0 aliphatic carbocycles. The predicted octanol–water partition coefficient (Wildman–Crippen LogP) is 1.86. The highest BCUT2D eigenvalue weighted by Crippen LogP contribution is 2.13. The number of amides is 2. The lowest BCUT2D eigenvalue weighted by atomic mass is 10.0. The van der Waals surface area contributed by atoms with Gasteiger partial charge in [-0.05, 0) is 44.0 Å². The average Bonchev–Trinajstić information content (AvgIpc) is 2.59. The van der Waals surface area contributed by atoms with Crippen LogP contribution in [0.25, 0.3) is 0 Å². The van der Waals surface area contributed by atoms with E-state index in [0.29, 0.717) is 17.9 Å². The van der Waals surface area contributed by atoms with E-state index in [1.54, 1.807) is 52.2 Å². The number of ether oxygens (including phenoxy) is 2. The highest BCUT2D eigenvalue weighted by molar-refractivity contribution is 5.97. The number of hydrogen-bond donors (Lipinski definition) is 1. The normalized spacial score (nSPS) is 12.9. The number of rotatable bonds is 8. The lowest BCUT2D eigenvalue weighted by Gasteiger charge is -2.24. The summed E-state index contributed by atoms with van der Waals surface area (Å²) >= 11 is 0. The van der Waals surface area contributed by atoms with E-state index >= 15 is 0 Å². The smallest absolute Gasteiger partial charge is 0.329 e. The molecule has 1 rings (SSSR count). The van der Waals surface area contributed by atoms with Crippen molar-refractivity contribution < 1.29 is 23.9 Å². The van der Waals surface area contributed by atoms with Gasteiger partial charge in [-0.1, -0.05) is 13.8 Å². The maximum atomic E-state index is 12.4. The largest absolute Gasteiger partial charge is 0.494 e. The highest BCUT2D eigenvalue weighted by Gasteiger charge is 2.29. The monoisotopic (exact) mass is 364 g/mol. The Labute approximate surface area is 154 Å². The molecule has 1 unspecified atom stereocenters. The average molecular weight is 364 g/mol. The zero-order valence-corrected chi connectivity index (χ0v) is 16.2. The fourth-order valence-electron chi connectivity index (χ4n) is 2.25. The van der Waals surface area contributed by atoms with Crippen LogP contribution >= 0.6 is 0 Å². The van der Waals surface area contributed by atoms with Gasteiger partial charge in [0, 0.05) is 19.7 Å². The molecule has 0 aliphatic rings. The Morgan fingerprint density at radius 3 is 2.12 bits per heavy atom. The Hall–Kier alpha value is -2.57. The van der Waals surface area contributed by atoms with E-state index in [4.69, 9.17) is 9.47 Å². The van der Waals surface area contributed by atoms with Gasteiger partial charge in [0.15, 0.2) is 6.10 Å². The third-order valence-corrected chi connectivity index (χ3v) is 3.72. The molecule has 0 bridgehead atoms. The highest BCUT2D eigenvalue weighted by atomic mass is 16.5. The summed E-state index contributed by atoms with van der Waals surface area (Å²) in [6.45, 7) is 7.51. The molecule has 2 amide bonds. The fourth-order valence-corrected chi connectivity index (χ4v) is 2.25. The van der Waals surface area contributed by atoms with Crippen molar-refractivity contribution in [1.82, 2.24) is 10.2 Å². The molecule has 1 N–H and O–H groups in total. The van der Waals surface area contributed by atoms with Gasteiger partial charge in [0.25, 0.3) is 11.8 Å². The first kappa shape index (κ1) is 21.5. The molecule has 0 aromatic heterocycles. The Morgan fingerprint density at radius 1 is 1.08 bits per heavy atom. The number of carbonyl (C=O) groups is 3. The number of carbonyl (C=O) groups excluding carboxylic acids is 3. The summed E-state index contributed by atoms with van der Waals surface area (Å²) in [5.74, 6) is -0.883. The standard InChI is InChI=1S/C19H28N2O5/c1-7-25-15-10-8-14(9-11-15)17(22)20-16(12(2)3)19(24)26-13(4)18(23)21(5)6/h8-13,16H,7H2,1-6H3,(H,20,22)/t13?,16-/m0/s1. The van der Waals surface area contributed by atoms with Gasteiger partial charge in [0.1, 0.15) is 11.8 Å². The summed E-state index contributed by atoms with van der Waals surface area (Å²) < 4.78 is 10.6. The van der Waals surface area contributed by atoms with Crippen molar-refractivity contribution in [3.63, 3.8) is 0 Å². The number of likely N-dealkylation sites (N-methyl/N-ethyl adjacent to an activating group) is 1. The summed E-state index contributed by atoms with van der Waals surface area (Å²) in [7, 11) is 3.17. The summed E-state index contributed by atoms with van der Waals surface area (Å²) in [5.41, 5.74) is 0.407. The van der Waals surface area contributed by atoms with Crippen LogP contribution in [-0.2, 0) is 14.3 Å². The van der Waals surface area contributed by atoms with Gasteiger partial charge < -0.3 is 19.7 Å². The molecule has 0 spiro atoms. The van der Waals surface area contributed by atoms with Crippen molar-refractivity contribution in [3.05, 3.63) is 29.8 Å². The van der Waals surface area contributed by atoms with Gasteiger partial charge in [0.05, 0.1) is 6.61 Å². The van der Waals surface area contributed by atoms with Crippen LogP contribution < -0.4 is 10.1 Å². The van der Waals surface area contributed by atoms with Crippen LogP contribution in [0, 0.1) is 5.92 Å². The molecule has 0 saturated carbocycles. The van der Waals surface area contributed by atoms with Gasteiger partial charge in [-0.25, -0.2) is 4.79 Å². The molecular weight excluding hydrogens is 336 g/mol. The van der Waals surface area contributed by atoms with Crippen molar-refractivity contribution in [2.45, 2.75) is 39.8 Å². The lowest BCUT2D eigenvalue weighted by Crippen LogP contribution is -2.47. The van der Waals surface area contributed by atoms with E-state index in [9.17, 15) is 14.4 Å². The number of nitrogens with zero attached hydrogens (tertiary/aromatic N) is 1. The van der Waals surface area contributed by atoms with Crippen molar-refractivity contribution >= 4 is 17.8 Å². The first-order valence-electron chi connectivity index (χ1n) is 8.62. The van der Waals surface area contributed by atoms with E-state index in [2.05, 4.69) is 5.32 Å². The van der Waals surface area contributed by atoms with Crippen molar-refractivity contribution in [2.75, 3.05) is 20.7 Å². The molecule has 2 atom stereocenters. The first-order chi connectivity index (χ1) is 12.2.